The van der Waals surface area contributed by atoms with Gasteiger partial charge in [0, 0.05) is 18.6 Å². The number of hydrogen-bond donors (Lipinski definition) is 1. The van der Waals surface area contributed by atoms with Gasteiger partial charge in [0.1, 0.15) is 0 Å². The van der Waals surface area contributed by atoms with E-state index in [-0.39, 0.29) is 12.4 Å². The minimum Gasteiger partial charge on any atom is -0.317 e. The molecule has 0 bridgehead atoms. The Morgan fingerprint density at radius 2 is 1.24 bits per heavy atom. The van der Waals surface area contributed by atoms with Gasteiger partial charge >= 0.3 is 0 Å². The fourth-order valence-electron chi connectivity index (χ4n) is 5.09. The zero-order valence-corrected chi connectivity index (χ0v) is 25.0. The molecule has 208 valence electrons. The Morgan fingerprint density at radius 3 is 1.65 bits per heavy atom. The molecule has 6 nitrogen and oxygen atoms in total. The van der Waals surface area contributed by atoms with Crippen LogP contribution in [-0.4, -0.2) is 66.5 Å². The van der Waals surface area contributed by atoms with E-state index in [1.165, 1.54) is 24.5 Å². The van der Waals surface area contributed by atoms with Crippen LogP contribution >= 0.6 is 12.4 Å². The third-order valence-electron chi connectivity index (χ3n) is 7.60. The van der Waals surface area contributed by atoms with Gasteiger partial charge in [0.25, 0.3) is 0 Å². The molecule has 2 fully saturated rings. The number of benzene rings is 2. The second-order valence-electron chi connectivity index (χ2n) is 10.3. The van der Waals surface area contributed by atoms with Crippen molar-refractivity contribution in [3.63, 3.8) is 0 Å². The van der Waals surface area contributed by atoms with Gasteiger partial charge in [-0.15, -0.1) is 12.4 Å². The highest BCUT2D eigenvalue weighted by Crippen LogP contribution is 2.30. The zero-order chi connectivity index (χ0) is 26.3. The van der Waals surface area contributed by atoms with Crippen LogP contribution in [0.2, 0.25) is 0 Å². The quantitative estimate of drug-likeness (QED) is 0.523. The molecule has 0 saturated carbocycles. The molecule has 0 aromatic heterocycles. The lowest BCUT2D eigenvalue weighted by Crippen LogP contribution is -2.39. The number of halogens is 1. The summed E-state index contributed by atoms with van der Waals surface area (Å²) in [5.74, 6) is 1.000. The Kier molecular flexibility index (Phi) is 12.1. The number of nitrogens with zero attached hydrogens (tertiary/aromatic N) is 1. The van der Waals surface area contributed by atoms with Crippen molar-refractivity contribution < 1.29 is 16.8 Å². The Bertz CT molecular complexity index is 1200. The van der Waals surface area contributed by atoms with Crippen molar-refractivity contribution in [1.29, 1.82) is 0 Å². The van der Waals surface area contributed by atoms with Crippen molar-refractivity contribution in [1.82, 2.24) is 10.2 Å². The summed E-state index contributed by atoms with van der Waals surface area (Å²) in [6, 6.07) is 15.5. The zero-order valence-electron chi connectivity index (χ0n) is 22.5. The van der Waals surface area contributed by atoms with E-state index < -0.39 is 19.7 Å². The van der Waals surface area contributed by atoms with Crippen molar-refractivity contribution >= 4 is 32.1 Å². The smallest absolute Gasteiger partial charge is 0.175 e. The van der Waals surface area contributed by atoms with Gasteiger partial charge in [-0.25, -0.2) is 16.8 Å². The van der Waals surface area contributed by atoms with E-state index >= 15 is 0 Å². The lowest BCUT2D eigenvalue weighted by atomic mass is 9.89. The summed E-state index contributed by atoms with van der Waals surface area (Å²) in [6.45, 7) is 8.78. The van der Waals surface area contributed by atoms with E-state index in [1.54, 1.807) is 12.1 Å². The van der Waals surface area contributed by atoms with Crippen LogP contribution in [0.25, 0.3) is 0 Å². The van der Waals surface area contributed by atoms with Gasteiger partial charge in [0.15, 0.2) is 19.7 Å². The first kappa shape index (κ1) is 31.8. The number of hydrogen-bond acceptors (Lipinski definition) is 6. The summed E-state index contributed by atoms with van der Waals surface area (Å²) in [5, 5.41) is 3.31. The van der Waals surface area contributed by atoms with Crippen LogP contribution < -0.4 is 5.32 Å². The number of nitrogens with one attached hydrogen (secondary N) is 1. The lowest BCUT2D eigenvalue weighted by molar-refractivity contribution is 0.158. The molecular weight excluding hydrogens is 528 g/mol. The Hall–Kier alpha value is -1.45. The fourth-order valence-corrected chi connectivity index (χ4v) is 6.44. The van der Waals surface area contributed by atoms with E-state index in [9.17, 15) is 16.8 Å². The van der Waals surface area contributed by atoms with E-state index in [0.29, 0.717) is 27.7 Å². The van der Waals surface area contributed by atoms with Crippen LogP contribution in [0.3, 0.4) is 0 Å². The van der Waals surface area contributed by atoms with Crippen LogP contribution in [0.4, 0.5) is 0 Å². The van der Waals surface area contributed by atoms with Crippen LogP contribution in [0.1, 0.15) is 68.9 Å². The first-order valence-electron chi connectivity index (χ1n) is 13.0. The molecule has 2 aromatic carbocycles. The molecule has 0 amide bonds. The molecule has 2 aromatic rings. The maximum absolute atomic E-state index is 11.6. The predicted octanol–water partition coefficient (Wildman–Crippen LogP) is 5.05. The molecule has 4 rings (SSSR count). The van der Waals surface area contributed by atoms with E-state index in [2.05, 4.69) is 30.1 Å². The van der Waals surface area contributed by atoms with Crippen molar-refractivity contribution in [2.45, 2.75) is 73.6 Å². The number of likely N-dealkylation sites (tertiary alicyclic amines) is 1. The average Bonchev–Trinajstić information content (AvgIpc) is 2.88. The van der Waals surface area contributed by atoms with Crippen molar-refractivity contribution in [3.05, 3.63) is 59.7 Å². The SMILES string of the molecule is CCC(C)N1CCC(c2cccc(S(C)(=O)=O)c2)CC1.CS(=O)(=O)c1cccc(C2CCNCC2)c1.Cl. The molecule has 0 radical (unpaired) electrons. The number of sulfone groups is 2. The first-order valence-corrected chi connectivity index (χ1v) is 16.8. The molecule has 9 heteroatoms. The van der Waals surface area contributed by atoms with Crippen molar-refractivity contribution in [2.75, 3.05) is 38.7 Å². The van der Waals surface area contributed by atoms with Crippen LogP contribution in [0, 0.1) is 0 Å². The normalized spacial score (nSPS) is 18.8. The lowest BCUT2D eigenvalue weighted by Gasteiger charge is -2.36. The minimum atomic E-state index is -3.10. The third kappa shape index (κ3) is 9.36. The summed E-state index contributed by atoms with van der Waals surface area (Å²) < 4.78 is 46.2. The van der Waals surface area contributed by atoms with E-state index in [4.69, 9.17) is 0 Å². The Morgan fingerprint density at radius 1 is 0.811 bits per heavy atom. The topological polar surface area (TPSA) is 83.6 Å². The fraction of sp³-hybridized carbons (Fsp3) is 0.571. The van der Waals surface area contributed by atoms with Crippen molar-refractivity contribution in [2.24, 2.45) is 0 Å². The summed E-state index contributed by atoms with van der Waals surface area (Å²) in [5.41, 5.74) is 2.33. The maximum Gasteiger partial charge on any atom is 0.175 e. The molecule has 2 heterocycles. The highest BCUT2D eigenvalue weighted by molar-refractivity contribution is 7.91. The molecule has 37 heavy (non-hydrogen) atoms. The summed E-state index contributed by atoms with van der Waals surface area (Å²) in [4.78, 5) is 3.42. The van der Waals surface area contributed by atoms with Crippen molar-refractivity contribution in [3.8, 4) is 0 Å². The number of rotatable bonds is 6. The molecule has 0 spiro atoms. The molecule has 1 atom stereocenters. The number of piperidine rings is 2. The molecule has 1 unspecified atom stereocenters. The molecule has 1 N–H and O–H groups in total. The van der Waals surface area contributed by atoms with Gasteiger partial charge in [0.2, 0.25) is 0 Å². The molecule has 2 saturated heterocycles. The molecule has 2 aliphatic rings. The van der Waals surface area contributed by atoms with Crippen LogP contribution in [-0.2, 0) is 19.7 Å². The summed E-state index contributed by atoms with van der Waals surface area (Å²) >= 11 is 0. The predicted molar refractivity (Wildman–Crippen MR) is 154 cm³/mol. The largest absolute Gasteiger partial charge is 0.317 e. The Labute approximate surface area is 230 Å². The maximum atomic E-state index is 11.6. The third-order valence-corrected chi connectivity index (χ3v) is 9.82. The minimum absolute atomic E-state index is 0. The van der Waals surface area contributed by atoms with Crippen LogP contribution in [0.15, 0.2) is 58.3 Å². The Balaban J connectivity index is 0.000000259. The van der Waals surface area contributed by atoms with Gasteiger partial charge in [0.05, 0.1) is 9.79 Å². The summed E-state index contributed by atoms with van der Waals surface area (Å²) in [6.07, 6.45) is 8.15. The second kappa shape index (κ2) is 14.1. The van der Waals surface area contributed by atoms with Crippen LogP contribution in [0.5, 0.6) is 0 Å². The highest BCUT2D eigenvalue weighted by Gasteiger charge is 2.23. The highest BCUT2D eigenvalue weighted by atomic mass is 35.5. The van der Waals surface area contributed by atoms with Gasteiger partial charge in [-0.3, -0.25) is 0 Å². The second-order valence-corrected chi connectivity index (χ2v) is 14.3. The van der Waals surface area contributed by atoms with Gasteiger partial charge in [-0.2, -0.15) is 0 Å². The van der Waals surface area contributed by atoms with E-state index in [0.717, 1.165) is 57.4 Å². The standard InChI is InChI=1S/C16H25NO2S.C12H17NO2S.ClH/c1-4-13(2)17-10-8-14(9-11-17)15-6-5-7-16(12-15)20(3,18)19;1-16(14,15)12-4-2-3-11(9-12)10-5-7-13-8-6-10;/h5-7,12-14H,4,8-11H2,1-3H3;2-4,9-10,13H,5-8H2,1H3;1H. The van der Waals surface area contributed by atoms with Gasteiger partial charge in [-0.05, 0) is 112 Å². The average molecular weight is 571 g/mol. The molecule has 2 aliphatic heterocycles. The monoisotopic (exact) mass is 570 g/mol. The summed E-state index contributed by atoms with van der Waals surface area (Å²) in [7, 11) is -6.18. The first-order chi connectivity index (χ1) is 17.0. The molecule has 0 aliphatic carbocycles. The van der Waals surface area contributed by atoms with Gasteiger partial charge < -0.3 is 10.2 Å². The van der Waals surface area contributed by atoms with E-state index in [1.807, 2.05) is 30.3 Å². The molecular formula is C28H43ClN2O4S2. The van der Waals surface area contributed by atoms with Gasteiger partial charge in [-0.1, -0.05) is 31.2 Å².